The van der Waals surface area contributed by atoms with Gasteiger partial charge in [0, 0.05) is 36.7 Å². The lowest BCUT2D eigenvalue weighted by Crippen LogP contribution is -2.49. The molecule has 0 fully saturated rings. The van der Waals surface area contributed by atoms with Gasteiger partial charge in [0.1, 0.15) is 11.3 Å². The molecule has 33 heavy (non-hydrogen) atoms. The van der Waals surface area contributed by atoms with Crippen molar-refractivity contribution in [1.82, 2.24) is 19.5 Å². The second kappa shape index (κ2) is 9.66. The summed E-state index contributed by atoms with van der Waals surface area (Å²) in [6.07, 6.45) is 0. The molecule has 2 heterocycles. The van der Waals surface area contributed by atoms with Gasteiger partial charge in [-0.1, -0.05) is 23.7 Å². The minimum atomic E-state index is -3.57. The summed E-state index contributed by atoms with van der Waals surface area (Å²) in [6.45, 7) is 5.79. The minimum absolute atomic E-state index is 0.00175. The number of sulfonamides is 1. The van der Waals surface area contributed by atoms with Crippen molar-refractivity contribution in [2.45, 2.75) is 39.4 Å². The molecule has 1 aliphatic rings. The summed E-state index contributed by atoms with van der Waals surface area (Å²) < 4.78 is 28.3. The Morgan fingerprint density at radius 3 is 2.36 bits per heavy atom. The average Bonchev–Trinajstić information content (AvgIpc) is 2.71. The molecule has 9 nitrogen and oxygen atoms in total. The number of fused-ring (bicyclic) bond motifs is 1. The predicted molar refractivity (Wildman–Crippen MR) is 126 cm³/mol. The Bertz CT molecular complexity index is 1220. The van der Waals surface area contributed by atoms with Gasteiger partial charge in [0.2, 0.25) is 10.0 Å². The molecule has 178 valence electrons. The normalized spacial score (nSPS) is 14.2. The van der Waals surface area contributed by atoms with E-state index < -0.39 is 32.9 Å². The van der Waals surface area contributed by atoms with Crippen LogP contribution in [-0.4, -0.2) is 54.1 Å². The highest BCUT2D eigenvalue weighted by atomic mass is 35.5. The number of carbonyl (C=O) groups is 2. The van der Waals surface area contributed by atoms with Crippen LogP contribution in [-0.2, 0) is 23.1 Å². The summed E-state index contributed by atoms with van der Waals surface area (Å²) in [5, 5.41) is 3.28. The molecule has 0 radical (unpaired) electrons. The largest absolute Gasteiger partial charge is 0.348 e. The number of nitrogens with zero attached hydrogens (tertiary/aromatic N) is 2. The third-order valence-electron chi connectivity index (χ3n) is 4.98. The number of pyridine rings is 1. The van der Waals surface area contributed by atoms with Gasteiger partial charge in [-0.15, -0.1) is 0 Å². The van der Waals surface area contributed by atoms with E-state index in [9.17, 15) is 22.8 Å². The van der Waals surface area contributed by atoms with Crippen LogP contribution < -0.4 is 15.6 Å². The Morgan fingerprint density at radius 1 is 1.06 bits per heavy atom. The summed E-state index contributed by atoms with van der Waals surface area (Å²) in [6, 6.07) is 9.70. The summed E-state index contributed by atoms with van der Waals surface area (Å²) in [7, 11) is -3.57. The maximum Gasteiger partial charge on any atom is 0.270 e. The van der Waals surface area contributed by atoms with E-state index >= 15 is 0 Å². The molecular formula is C22H27ClN4O5S. The maximum absolute atomic E-state index is 12.8. The number of rotatable bonds is 7. The Kier molecular flexibility index (Phi) is 7.30. The van der Waals surface area contributed by atoms with Gasteiger partial charge in [0.15, 0.2) is 0 Å². The monoisotopic (exact) mass is 494 g/mol. The quantitative estimate of drug-likeness (QED) is 0.606. The number of nitrogens with one attached hydrogen (secondary N) is 2. The van der Waals surface area contributed by atoms with Crippen LogP contribution in [0.4, 0.5) is 0 Å². The molecule has 11 heteroatoms. The fraction of sp³-hybridized carbons (Fsp3) is 0.409. The van der Waals surface area contributed by atoms with Crippen LogP contribution in [0, 0.1) is 0 Å². The van der Waals surface area contributed by atoms with Crippen molar-refractivity contribution >= 4 is 33.4 Å². The van der Waals surface area contributed by atoms with Crippen molar-refractivity contribution in [2.24, 2.45) is 0 Å². The van der Waals surface area contributed by atoms with E-state index in [2.05, 4.69) is 10.0 Å². The molecule has 2 aromatic rings. The van der Waals surface area contributed by atoms with E-state index in [1.807, 2.05) is 0 Å². The van der Waals surface area contributed by atoms with E-state index in [1.165, 1.54) is 21.6 Å². The van der Waals surface area contributed by atoms with Crippen LogP contribution in [0.15, 0.2) is 41.2 Å². The van der Waals surface area contributed by atoms with E-state index in [1.54, 1.807) is 45.0 Å². The Morgan fingerprint density at radius 2 is 1.73 bits per heavy atom. The zero-order valence-corrected chi connectivity index (χ0v) is 20.3. The highest BCUT2D eigenvalue weighted by Crippen LogP contribution is 2.13. The van der Waals surface area contributed by atoms with Gasteiger partial charge in [0.05, 0.1) is 5.75 Å². The lowest BCUT2D eigenvalue weighted by molar-refractivity contribution is 0.0710. The lowest BCUT2D eigenvalue weighted by Gasteiger charge is -2.30. The van der Waals surface area contributed by atoms with Crippen LogP contribution >= 0.6 is 11.6 Å². The van der Waals surface area contributed by atoms with Crippen LogP contribution in [0.1, 0.15) is 47.2 Å². The highest BCUT2D eigenvalue weighted by molar-refractivity contribution is 7.89. The number of hydrogen-bond donors (Lipinski definition) is 2. The van der Waals surface area contributed by atoms with Crippen LogP contribution in [0.25, 0.3) is 0 Å². The van der Waals surface area contributed by atoms with Crippen molar-refractivity contribution in [3.05, 3.63) is 68.6 Å². The van der Waals surface area contributed by atoms with E-state index in [0.717, 1.165) is 5.56 Å². The van der Waals surface area contributed by atoms with E-state index in [-0.39, 0.29) is 43.2 Å². The zero-order chi connectivity index (χ0) is 24.4. The number of amides is 2. The third-order valence-corrected chi connectivity index (χ3v) is 6.87. The molecule has 0 spiro atoms. The van der Waals surface area contributed by atoms with Gasteiger partial charge in [-0.25, -0.2) is 13.1 Å². The maximum atomic E-state index is 12.8. The van der Waals surface area contributed by atoms with Crippen molar-refractivity contribution in [2.75, 3.05) is 18.8 Å². The van der Waals surface area contributed by atoms with Gasteiger partial charge < -0.3 is 14.8 Å². The number of carbonyl (C=O) groups excluding carboxylic acids is 2. The molecule has 0 bridgehead atoms. The first-order chi connectivity index (χ1) is 15.4. The smallest absolute Gasteiger partial charge is 0.270 e. The first kappa shape index (κ1) is 24.9. The second-order valence-electron chi connectivity index (χ2n) is 8.86. The SMILES string of the molecule is CC(C)(C)NS(=O)(=O)CCN1CCn2c(ccc(C(=O)NCc3ccc(Cl)cc3)c2=O)C1=O. The molecule has 0 unspecified atom stereocenters. The summed E-state index contributed by atoms with van der Waals surface area (Å²) in [5.41, 5.74) is -0.286. The molecule has 3 rings (SSSR count). The standard InChI is InChI=1S/C22H27ClN4O5S/c1-22(2,3)25-33(31,32)13-12-26-10-11-27-18(21(26)30)9-8-17(20(27)29)19(28)24-14-15-4-6-16(23)7-5-15/h4-9,25H,10-14H2,1-3H3,(H,24,28). The van der Waals surface area contributed by atoms with Crippen molar-refractivity contribution in [3.8, 4) is 0 Å². The van der Waals surface area contributed by atoms with Gasteiger partial charge in [-0.05, 0) is 50.6 Å². The van der Waals surface area contributed by atoms with Gasteiger partial charge in [-0.2, -0.15) is 0 Å². The van der Waals surface area contributed by atoms with Crippen LogP contribution in [0.3, 0.4) is 0 Å². The number of hydrogen-bond acceptors (Lipinski definition) is 5. The van der Waals surface area contributed by atoms with E-state index in [0.29, 0.717) is 5.02 Å². The molecule has 0 saturated heterocycles. The lowest BCUT2D eigenvalue weighted by atomic mass is 10.1. The van der Waals surface area contributed by atoms with Crippen LogP contribution in [0.2, 0.25) is 5.02 Å². The molecular weight excluding hydrogens is 468 g/mol. The van der Waals surface area contributed by atoms with Gasteiger partial charge in [-0.3, -0.25) is 14.4 Å². The van der Waals surface area contributed by atoms with Crippen molar-refractivity contribution in [1.29, 1.82) is 0 Å². The summed E-state index contributed by atoms with van der Waals surface area (Å²) >= 11 is 5.85. The summed E-state index contributed by atoms with van der Waals surface area (Å²) in [5.74, 6) is -1.23. The molecule has 0 saturated carbocycles. The number of benzene rings is 1. The average molecular weight is 495 g/mol. The minimum Gasteiger partial charge on any atom is -0.348 e. The van der Waals surface area contributed by atoms with E-state index in [4.69, 9.17) is 11.6 Å². The fourth-order valence-electron chi connectivity index (χ4n) is 3.49. The zero-order valence-electron chi connectivity index (χ0n) is 18.7. The first-order valence-corrected chi connectivity index (χ1v) is 12.5. The first-order valence-electron chi connectivity index (χ1n) is 10.4. The highest BCUT2D eigenvalue weighted by Gasteiger charge is 2.29. The summed E-state index contributed by atoms with van der Waals surface area (Å²) in [4.78, 5) is 39.6. The molecule has 2 N–H and O–H groups in total. The topological polar surface area (TPSA) is 118 Å². The third kappa shape index (κ3) is 6.43. The second-order valence-corrected chi connectivity index (χ2v) is 11.1. The molecule has 1 aliphatic heterocycles. The molecule has 1 aromatic heterocycles. The van der Waals surface area contributed by atoms with Crippen molar-refractivity contribution in [3.63, 3.8) is 0 Å². The molecule has 0 atom stereocenters. The Hall–Kier alpha value is -2.69. The van der Waals surface area contributed by atoms with Gasteiger partial charge in [0.25, 0.3) is 17.4 Å². The number of aromatic nitrogens is 1. The predicted octanol–water partition coefficient (Wildman–Crippen LogP) is 1.61. The Labute approximate surface area is 197 Å². The molecule has 2 amide bonds. The number of halogens is 1. The van der Waals surface area contributed by atoms with Crippen LogP contribution in [0.5, 0.6) is 0 Å². The Balaban J connectivity index is 1.68. The van der Waals surface area contributed by atoms with Crippen molar-refractivity contribution < 1.29 is 18.0 Å². The van der Waals surface area contributed by atoms with Gasteiger partial charge >= 0.3 is 0 Å². The molecule has 0 aliphatic carbocycles. The molecule has 1 aromatic carbocycles. The fourth-order valence-corrected chi connectivity index (χ4v) is 5.11.